The summed E-state index contributed by atoms with van der Waals surface area (Å²) in [5.74, 6) is 2.17. The van der Waals surface area contributed by atoms with Crippen LogP contribution in [0.5, 0.6) is 5.75 Å². The SMILES string of the molecule is Cc1cccc(OCCCCC(=O)N2CCC(NCC3CC3)CC2)c1. The van der Waals surface area contributed by atoms with Gasteiger partial charge in [-0.15, -0.1) is 0 Å². The van der Waals surface area contributed by atoms with Crippen molar-refractivity contribution in [2.75, 3.05) is 26.2 Å². The molecule has 4 heteroatoms. The molecule has 1 saturated heterocycles. The van der Waals surface area contributed by atoms with Crippen LogP contribution in [0.4, 0.5) is 0 Å². The fourth-order valence-corrected chi connectivity index (χ4v) is 3.42. The molecule has 1 heterocycles. The second-order valence-corrected chi connectivity index (χ2v) is 7.63. The molecule has 1 aromatic carbocycles. The molecule has 0 atom stereocenters. The number of unbranched alkanes of at least 4 members (excludes halogenated alkanes) is 1. The Kier molecular flexibility index (Phi) is 6.74. The second-order valence-electron chi connectivity index (χ2n) is 7.63. The van der Waals surface area contributed by atoms with Crippen LogP contribution in [0.1, 0.15) is 50.5 Å². The zero-order valence-corrected chi connectivity index (χ0v) is 15.5. The molecule has 1 saturated carbocycles. The van der Waals surface area contributed by atoms with Crippen molar-refractivity contribution in [3.8, 4) is 5.75 Å². The maximum absolute atomic E-state index is 12.3. The van der Waals surface area contributed by atoms with Crippen LogP contribution in [0.2, 0.25) is 0 Å². The number of benzene rings is 1. The van der Waals surface area contributed by atoms with Gasteiger partial charge in [0.15, 0.2) is 0 Å². The first kappa shape index (κ1) is 18.2. The van der Waals surface area contributed by atoms with Crippen molar-refractivity contribution in [3.63, 3.8) is 0 Å². The molecule has 1 aliphatic carbocycles. The van der Waals surface area contributed by atoms with Gasteiger partial charge in [0.2, 0.25) is 5.91 Å². The van der Waals surface area contributed by atoms with Crippen molar-refractivity contribution in [2.45, 2.75) is 57.9 Å². The summed E-state index contributed by atoms with van der Waals surface area (Å²) >= 11 is 0. The molecule has 0 radical (unpaired) electrons. The number of ether oxygens (including phenoxy) is 1. The van der Waals surface area contributed by atoms with E-state index in [0.29, 0.717) is 25.0 Å². The number of nitrogens with one attached hydrogen (secondary N) is 1. The van der Waals surface area contributed by atoms with E-state index >= 15 is 0 Å². The van der Waals surface area contributed by atoms with Crippen LogP contribution < -0.4 is 10.1 Å². The number of hydrogen-bond acceptors (Lipinski definition) is 3. The van der Waals surface area contributed by atoms with Gasteiger partial charge >= 0.3 is 0 Å². The minimum absolute atomic E-state index is 0.316. The lowest BCUT2D eigenvalue weighted by atomic mass is 10.0. The average Bonchev–Trinajstić information content (AvgIpc) is 3.44. The van der Waals surface area contributed by atoms with E-state index in [4.69, 9.17) is 4.74 Å². The van der Waals surface area contributed by atoms with Crippen molar-refractivity contribution in [2.24, 2.45) is 5.92 Å². The molecule has 1 aliphatic heterocycles. The number of likely N-dealkylation sites (tertiary alicyclic amines) is 1. The van der Waals surface area contributed by atoms with Gasteiger partial charge in [0.25, 0.3) is 0 Å². The van der Waals surface area contributed by atoms with Gasteiger partial charge in [0.1, 0.15) is 5.75 Å². The molecule has 0 unspecified atom stereocenters. The summed E-state index contributed by atoms with van der Waals surface area (Å²) in [6.07, 6.45) is 7.50. The largest absolute Gasteiger partial charge is 0.494 e. The average molecular weight is 344 g/mol. The summed E-state index contributed by atoms with van der Waals surface area (Å²) in [5, 5.41) is 3.67. The molecule has 0 spiro atoms. The highest BCUT2D eigenvalue weighted by Crippen LogP contribution is 2.28. The van der Waals surface area contributed by atoms with E-state index in [1.54, 1.807) is 0 Å². The summed E-state index contributed by atoms with van der Waals surface area (Å²) < 4.78 is 5.75. The van der Waals surface area contributed by atoms with E-state index in [2.05, 4.69) is 23.2 Å². The molecule has 0 bridgehead atoms. The normalized spacial score (nSPS) is 18.4. The lowest BCUT2D eigenvalue weighted by molar-refractivity contribution is -0.132. The third kappa shape index (κ3) is 6.35. The third-order valence-electron chi connectivity index (χ3n) is 5.28. The Balaban J connectivity index is 1.24. The molecule has 0 aromatic heterocycles. The molecule has 138 valence electrons. The van der Waals surface area contributed by atoms with Crippen LogP contribution in [0.25, 0.3) is 0 Å². The summed E-state index contributed by atoms with van der Waals surface area (Å²) in [7, 11) is 0. The van der Waals surface area contributed by atoms with Gasteiger partial charge in [0, 0.05) is 25.6 Å². The highest BCUT2D eigenvalue weighted by molar-refractivity contribution is 5.76. The fourth-order valence-electron chi connectivity index (χ4n) is 3.42. The minimum Gasteiger partial charge on any atom is -0.494 e. The first-order valence-corrected chi connectivity index (χ1v) is 9.91. The first-order valence-electron chi connectivity index (χ1n) is 9.91. The van der Waals surface area contributed by atoms with Crippen molar-refractivity contribution in [1.82, 2.24) is 10.2 Å². The van der Waals surface area contributed by atoms with Crippen LogP contribution in [-0.2, 0) is 4.79 Å². The molecule has 2 aliphatic rings. The van der Waals surface area contributed by atoms with Gasteiger partial charge in [0.05, 0.1) is 6.61 Å². The van der Waals surface area contributed by atoms with Crippen molar-refractivity contribution >= 4 is 5.91 Å². The van der Waals surface area contributed by atoms with E-state index in [1.165, 1.54) is 24.9 Å². The molecule has 3 rings (SSSR count). The van der Waals surface area contributed by atoms with Crippen LogP contribution in [0, 0.1) is 12.8 Å². The Morgan fingerprint density at radius 2 is 2.00 bits per heavy atom. The smallest absolute Gasteiger partial charge is 0.222 e. The zero-order valence-electron chi connectivity index (χ0n) is 15.5. The molecule has 1 aromatic rings. The maximum Gasteiger partial charge on any atom is 0.222 e. The minimum atomic E-state index is 0.316. The van der Waals surface area contributed by atoms with Gasteiger partial charge in [-0.2, -0.15) is 0 Å². The Morgan fingerprint density at radius 1 is 1.20 bits per heavy atom. The molecular formula is C21H32N2O2. The van der Waals surface area contributed by atoms with E-state index in [-0.39, 0.29) is 0 Å². The molecule has 1 N–H and O–H groups in total. The second kappa shape index (κ2) is 9.23. The van der Waals surface area contributed by atoms with Gasteiger partial charge in [-0.05, 0) is 75.6 Å². The fraction of sp³-hybridized carbons (Fsp3) is 0.667. The molecule has 1 amide bonds. The molecule has 4 nitrogen and oxygen atoms in total. The summed E-state index contributed by atoms with van der Waals surface area (Å²) in [4.78, 5) is 14.4. The first-order chi connectivity index (χ1) is 12.2. The molecule has 25 heavy (non-hydrogen) atoms. The zero-order chi connectivity index (χ0) is 17.5. The Bertz CT molecular complexity index is 549. The number of piperidine rings is 1. The van der Waals surface area contributed by atoms with E-state index in [1.807, 2.05) is 18.2 Å². The maximum atomic E-state index is 12.3. The van der Waals surface area contributed by atoms with Crippen molar-refractivity contribution in [3.05, 3.63) is 29.8 Å². The van der Waals surface area contributed by atoms with Crippen LogP contribution in [-0.4, -0.2) is 43.1 Å². The predicted octanol–water partition coefficient (Wildman–Crippen LogP) is 3.53. The Labute approximate surface area is 151 Å². The number of carbonyl (C=O) groups excluding carboxylic acids is 1. The monoisotopic (exact) mass is 344 g/mol. The quantitative estimate of drug-likeness (QED) is 0.697. The van der Waals surface area contributed by atoms with Crippen molar-refractivity contribution < 1.29 is 9.53 Å². The van der Waals surface area contributed by atoms with Crippen LogP contribution >= 0.6 is 0 Å². The number of carbonyl (C=O) groups is 1. The van der Waals surface area contributed by atoms with Gasteiger partial charge in [-0.25, -0.2) is 0 Å². The van der Waals surface area contributed by atoms with Crippen LogP contribution in [0.15, 0.2) is 24.3 Å². The van der Waals surface area contributed by atoms with Gasteiger partial charge in [-0.1, -0.05) is 12.1 Å². The highest BCUT2D eigenvalue weighted by Gasteiger charge is 2.25. The number of aryl methyl sites for hydroxylation is 1. The van der Waals surface area contributed by atoms with E-state index < -0.39 is 0 Å². The lowest BCUT2D eigenvalue weighted by Gasteiger charge is -2.32. The van der Waals surface area contributed by atoms with Crippen LogP contribution in [0.3, 0.4) is 0 Å². The number of nitrogens with zero attached hydrogens (tertiary/aromatic N) is 1. The summed E-state index contributed by atoms with van der Waals surface area (Å²) in [5.41, 5.74) is 1.21. The lowest BCUT2D eigenvalue weighted by Crippen LogP contribution is -2.45. The molecular weight excluding hydrogens is 312 g/mol. The van der Waals surface area contributed by atoms with E-state index in [0.717, 1.165) is 50.4 Å². The number of amides is 1. The number of hydrogen-bond donors (Lipinski definition) is 1. The Morgan fingerprint density at radius 3 is 2.72 bits per heavy atom. The third-order valence-corrected chi connectivity index (χ3v) is 5.28. The summed E-state index contributed by atoms with van der Waals surface area (Å²) in [6.45, 7) is 5.77. The summed E-state index contributed by atoms with van der Waals surface area (Å²) in [6, 6.07) is 8.73. The highest BCUT2D eigenvalue weighted by atomic mass is 16.5. The van der Waals surface area contributed by atoms with E-state index in [9.17, 15) is 4.79 Å². The van der Waals surface area contributed by atoms with Crippen molar-refractivity contribution in [1.29, 1.82) is 0 Å². The topological polar surface area (TPSA) is 41.6 Å². The standard InChI is InChI=1S/C21H32N2O2/c1-17-5-4-6-20(15-17)25-14-3-2-7-21(24)23-12-10-19(11-13-23)22-16-18-8-9-18/h4-6,15,18-19,22H,2-3,7-14,16H2,1H3. The predicted molar refractivity (Wildman–Crippen MR) is 101 cm³/mol. The number of rotatable bonds is 9. The Hall–Kier alpha value is -1.55. The van der Waals surface area contributed by atoms with Gasteiger partial charge < -0.3 is 15.0 Å². The van der Waals surface area contributed by atoms with Gasteiger partial charge in [-0.3, -0.25) is 4.79 Å². The molecule has 2 fully saturated rings.